The molecule has 0 spiro atoms. The minimum Gasteiger partial charge on any atom is -0.546 e. The number of rotatable bonds is 4. The minimum absolute atomic E-state index is 0.223. The number of hydrogen-bond acceptors (Lipinski definition) is 5. The lowest BCUT2D eigenvalue weighted by Gasteiger charge is -2.08. The molecule has 110 valence electrons. The Hall–Kier alpha value is -3.08. The predicted octanol–water partition coefficient (Wildman–Crippen LogP) is 1.59. The molecule has 0 aliphatic heterocycles. The lowest BCUT2D eigenvalue weighted by Crippen LogP contribution is -2.28. The molecule has 5 heteroatoms. The van der Waals surface area contributed by atoms with Gasteiger partial charge in [0.25, 0.3) is 0 Å². The molecule has 3 rings (SSSR count). The van der Waals surface area contributed by atoms with E-state index in [1.54, 1.807) is 12.1 Å². The zero-order valence-corrected chi connectivity index (χ0v) is 11.4. The summed E-state index contributed by atoms with van der Waals surface area (Å²) in [5.41, 5.74) is 0.991. The van der Waals surface area contributed by atoms with Crippen LogP contribution >= 0.6 is 0 Å². The van der Waals surface area contributed by atoms with E-state index in [1.807, 2.05) is 30.3 Å². The normalized spacial score (nSPS) is 10.5. The largest absolute Gasteiger partial charge is 0.546 e. The van der Waals surface area contributed by atoms with Crippen LogP contribution in [0.15, 0.2) is 63.8 Å². The second kappa shape index (κ2) is 5.73. The summed E-state index contributed by atoms with van der Waals surface area (Å²) in [6.07, 6.45) is 0. The fraction of sp³-hybridized carbons (Fsp3) is 0.0588. The van der Waals surface area contributed by atoms with Gasteiger partial charge < -0.3 is 19.1 Å². The van der Waals surface area contributed by atoms with E-state index < -0.39 is 12.6 Å². The van der Waals surface area contributed by atoms with Crippen LogP contribution in [-0.4, -0.2) is 12.6 Å². The Morgan fingerprint density at radius 2 is 1.86 bits per heavy atom. The Labute approximate surface area is 125 Å². The van der Waals surface area contributed by atoms with Crippen LogP contribution in [0.25, 0.3) is 22.3 Å². The van der Waals surface area contributed by atoms with Crippen LogP contribution in [0.2, 0.25) is 0 Å². The van der Waals surface area contributed by atoms with Crippen LogP contribution in [0.4, 0.5) is 0 Å². The first-order valence-corrected chi connectivity index (χ1v) is 6.59. The second-order valence-corrected chi connectivity index (χ2v) is 4.66. The zero-order chi connectivity index (χ0) is 15.5. The summed E-state index contributed by atoms with van der Waals surface area (Å²) in [5.74, 6) is -0.579. The maximum atomic E-state index is 12.2. The number of benzene rings is 2. The fourth-order valence-electron chi connectivity index (χ4n) is 2.11. The molecule has 0 amide bonds. The Morgan fingerprint density at radius 1 is 1.09 bits per heavy atom. The molecule has 0 atom stereocenters. The summed E-state index contributed by atoms with van der Waals surface area (Å²) < 4.78 is 10.7. The third-order valence-corrected chi connectivity index (χ3v) is 3.11. The van der Waals surface area contributed by atoms with Crippen molar-refractivity contribution in [3.63, 3.8) is 0 Å². The average molecular weight is 295 g/mol. The summed E-state index contributed by atoms with van der Waals surface area (Å²) in [6, 6.07) is 15.3. The fourth-order valence-corrected chi connectivity index (χ4v) is 2.11. The van der Waals surface area contributed by atoms with E-state index in [0.29, 0.717) is 16.7 Å². The smallest absolute Gasteiger partial charge is 0.193 e. The molecule has 0 saturated heterocycles. The van der Waals surface area contributed by atoms with Crippen LogP contribution in [0.3, 0.4) is 0 Å². The number of fused-ring (bicyclic) bond motifs is 1. The van der Waals surface area contributed by atoms with E-state index in [-0.39, 0.29) is 11.2 Å². The third kappa shape index (κ3) is 2.83. The minimum atomic E-state index is -1.33. The van der Waals surface area contributed by atoms with Crippen molar-refractivity contribution in [3.8, 4) is 17.1 Å². The first kappa shape index (κ1) is 13.9. The van der Waals surface area contributed by atoms with Crippen molar-refractivity contribution >= 4 is 16.9 Å². The van der Waals surface area contributed by atoms with Crippen LogP contribution < -0.4 is 15.3 Å². The van der Waals surface area contributed by atoms with Crippen LogP contribution in [0, 0.1) is 0 Å². The van der Waals surface area contributed by atoms with Gasteiger partial charge in [0.15, 0.2) is 5.43 Å². The van der Waals surface area contributed by atoms with E-state index in [4.69, 9.17) is 9.15 Å². The van der Waals surface area contributed by atoms with E-state index in [1.165, 1.54) is 12.1 Å². The molecular weight excluding hydrogens is 284 g/mol. The lowest BCUT2D eigenvalue weighted by molar-refractivity contribution is -0.307. The Kier molecular flexibility index (Phi) is 3.62. The Morgan fingerprint density at radius 3 is 2.59 bits per heavy atom. The molecule has 0 aliphatic rings. The molecule has 1 heterocycles. The molecule has 0 unspecified atom stereocenters. The van der Waals surface area contributed by atoms with Gasteiger partial charge in [-0.15, -0.1) is 0 Å². The molecule has 0 radical (unpaired) electrons. The number of hydrogen-bond donors (Lipinski definition) is 0. The highest BCUT2D eigenvalue weighted by atomic mass is 16.5. The number of carbonyl (C=O) groups excluding carboxylic acids is 1. The maximum absolute atomic E-state index is 12.2. The van der Waals surface area contributed by atoms with E-state index in [9.17, 15) is 14.7 Å². The van der Waals surface area contributed by atoms with Gasteiger partial charge in [-0.1, -0.05) is 30.3 Å². The summed E-state index contributed by atoms with van der Waals surface area (Å²) in [7, 11) is 0. The third-order valence-electron chi connectivity index (χ3n) is 3.11. The van der Waals surface area contributed by atoms with Crippen molar-refractivity contribution in [2.75, 3.05) is 6.61 Å². The van der Waals surface area contributed by atoms with Gasteiger partial charge in [-0.05, 0) is 18.2 Å². The summed E-state index contributed by atoms with van der Waals surface area (Å²) in [4.78, 5) is 22.6. The van der Waals surface area contributed by atoms with Crippen molar-refractivity contribution in [2.45, 2.75) is 0 Å². The van der Waals surface area contributed by atoms with Gasteiger partial charge in [0.1, 0.15) is 23.7 Å². The summed E-state index contributed by atoms with van der Waals surface area (Å²) in [5, 5.41) is 10.7. The number of aliphatic carboxylic acids is 1. The van der Waals surface area contributed by atoms with Gasteiger partial charge >= 0.3 is 0 Å². The molecule has 0 N–H and O–H groups in total. The average Bonchev–Trinajstić information content (AvgIpc) is 2.54. The van der Waals surface area contributed by atoms with Crippen molar-refractivity contribution < 1.29 is 19.1 Å². The number of carbonyl (C=O) groups is 1. The van der Waals surface area contributed by atoms with Gasteiger partial charge in [0.05, 0.1) is 11.4 Å². The number of carboxylic acid groups (broad SMARTS) is 1. The van der Waals surface area contributed by atoms with Gasteiger partial charge in [-0.25, -0.2) is 0 Å². The monoisotopic (exact) mass is 295 g/mol. The quantitative estimate of drug-likeness (QED) is 0.730. The van der Waals surface area contributed by atoms with Crippen LogP contribution in [0.5, 0.6) is 5.75 Å². The lowest BCUT2D eigenvalue weighted by atomic mass is 10.1. The molecule has 1 aromatic heterocycles. The van der Waals surface area contributed by atoms with Crippen molar-refractivity contribution in [1.29, 1.82) is 0 Å². The highest BCUT2D eigenvalue weighted by Gasteiger charge is 2.08. The highest BCUT2D eigenvalue weighted by Crippen LogP contribution is 2.24. The number of ether oxygens (including phenoxy) is 1. The van der Waals surface area contributed by atoms with Crippen molar-refractivity contribution in [1.82, 2.24) is 0 Å². The van der Waals surface area contributed by atoms with Gasteiger partial charge in [-0.3, -0.25) is 4.79 Å². The molecule has 5 nitrogen and oxygen atoms in total. The van der Waals surface area contributed by atoms with E-state index >= 15 is 0 Å². The summed E-state index contributed by atoms with van der Waals surface area (Å²) >= 11 is 0. The van der Waals surface area contributed by atoms with Gasteiger partial charge in [-0.2, -0.15) is 0 Å². The van der Waals surface area contributed by atoms with Crippen molar-refractivity contribution in [2.24, 2.45) is 0 Å². The molecule has 22 heavy (non-hydrogen) atoms. The standard InChI is InChI=1S/C17H12O5/c18-14-9-16(11-4-2-1-3-5-11)22-15-7-6-12(8-13(14)15)21-10-17(19)20/h1-9H,10H2,(H,19,20)/p-1. The first-order valence-electron chi connectivity index (χ1n) is 6.59. The zero-order valence-electron chi connectivity index (χ0n) is 11.4. The molecule has 0 saturated carbocycles. The molecule has 0 aliphatic carbocycles. The molecule has 2 aromatic carbocycles. The molecule has 0 bridgehead atoms. The van der Waals surface area contributed by atoms with Crippen LogP contribution in [-0.2, 0) is 4.79 Å². The summed E-state index contributed by atoms with van der Waals surface area (Å²) in [6.45, 7) is -0.570. The molecular formula is C17H11O5-. The Bertz CT molecular complexity index is 880. The number of carboxylic acids is 1. The molecule has 0 fully saturated rings. The first-order chi connectivity index (χ1) is 10.6. The van der Waals surface area contributed by atoms with E-state index in [0.717, 1.165) is 5.56 Å². The highest BCUT2D eigenvalue weighted by molar-refractivity contribution is 5.80. The topological polar surface area (TPSA) is 79.6 Å². The van der Waals surface area contributed by atoms with Gasteiger partial charge in [0, 0.05) is 11.6 Å². The maximum Gasteiger partial charge on any atom is 0.193 e. The van der Waals surface area contributed by atoms with Gasteiger partial charge in [0.2, 0.25) is 0 Å². The predicted molar refractivity (Wildman–Crippen MR) is 78.4 cm³/mol. The van der Waals surface area contributed by atoms with Crippen LogP contribution in [0.1, 0.15) is 0 Å². The SMILES string of the molecule is O=C([O-])COc1ccc2oc(-c3ccccc3)cc(=O)c2c1. The van der Waals surface area contributed by atoms with E-state index in [2.05, 4.69) is 0 Å². The Balaban J connectivity index is 2.03. The second-order valence-electron chi connectivity index (χ2n) is 4.66. The molecule has 3 aromatic rings. The van der Waals surface area contributed by atoms with Crippen molar-refractivity contribution in [3.05, 3.63) is 64.8 Å².